The molecule has 92 valence electrons. The number of aliphatic hydroxyl groups excluding tert-OH is 1. The summed E-state index contributed by atoms with van der Waals surface area (Å²) in [5, 5.41) is 9.11. The predicted octanol–water partition coefficient (Wildman–Crippen LogP) is 0.864. The molecule has 0 aliphatic heterocycles. The number of rotatable bonds is 4. The first-order valence-electron chi connectivity index (χ1n) is 6.14. The maximum atomic E-state index is 9.11. The van der Waals surface area contributed by atoms with Crippen molar-refractivity contribution in [2.24, 2.45) is 0 Å². The van der Waals surface area contributed by atoms with Gasteiger partial charge in [-0.15, -0.1) is 0 Å². The van der Waals surface area contributed by atoms with Gasteiger partial charge in [-0.25, -0.2) is 0 Å². The smallest absolute Gasteiger partial charge is 0.139 e. The Hall–Kier alpha value is -1.30. The van der Waals surface area contributed by atoms with Crippen LogP contribution in [0, 0.1) is 11.8 Å². The molecule has 1 rings (SSSR count). The van der Waals surface area contributed by atoms with E-state index in [1.165, 1.54) is 10.5 Å². The topological polar surface area (TPSA) is 24.7 Å². The van der Waals surface area contributed by atoms with Gasteiger partial charge in [-0.3, -0.25) is 0 Å². The minimum absolute atomic E-state index is 0.526. The average Bonchev–Trinajstić information content (AvgIpc) is 2.28. The van der Waals surface area contributed by atoms with Crippen LogP contribution in [0.4, 0.5) is 0 Å². The molecule has 0 aliphatic carbocycles. The van der Waals surface area contributed by atoms with Gasteiger partial charge in [0.2, 0.25) is 0 Å². The van der Waals surface area contributed by atoms with Crippen molar-refractivity contribution in [2.45, 2.75) is 39.5 Å². The first-order valence-corrected chi connectivity index (χ1v) is 6.14. The van der Waals surface area contributed by atoms with Gasteiger partial charge in [0.1, 0.15) is 19.2 Å². The lowest BCUT2D eigenvalue weighted by Crippen LogP contribution is -3.13. The molecular weight excluding hydrogens is 210 g/mol. The fraction of sp³-hybridized carbons (Fsp3) is 0.467. The SMILES string of the molecule is CC(C)[NH+](CC#C[C@@H](C)O)Cc1ccccc1. The normalized spacial score (nSPS) is 13.9. The highest BCUT2D eigenvalue weighted by atomic mass is 16.3. The van der Waals surface area contributed by atoms with E-state index in [1.807, 2.05) is 6.07 Å². The lowest BCUT2D eigenvalue weighted by molar-refractivity contribution is -0.928. The molecule has 1 aromatic rings. The van der Waals surface area contributed by atoms with E-state index in [0.717, 1.165) is 13.1 Å². The highest BCUT2D eigenvalue weighted by molar-refractivity contribution is 5.13. The van der Waals surface area contributed by atoms with Crippen molar-refractivity contribution >= 4 is 0 Å². The summed E-state index contributed by atoms with van der Waals surface area (Å²) in [6.45, 7) is 7.84. The lowest BCUT2D eigenvalue weighted by atomic mass is 10.2. The molecule has 0 aromatic heterocycles. The van der Waals surface area contributed by atoms with Crippen molar-refractivity contribution in [3.8, 4) is 11.8 Å². The maximum absolute atomic E-state index is 9.11. The Balaban J connectivity index is 2.59. The number of nitrogens with one attached hydrogen (secondary N) is 1. The summed E-state index contributed by atoms with van der Waals surface area (Å²) >= 11 is 0. The van der Waals surface area contributed by atoms with Crippen molar-refractivity contribution in [3.05, 3.63) is 35.9 Å². The van der Waals surface area contributed by atoms with E-state index in [0.29, 0.717) is 6.04 Å². The second kappa shape index (κ2) is 7.11. The number of hydrogen-bond donors (Lipinski definition) is 2. The molecule has 0 bridgehead atoms. The molecular formula is C15H22NO+. The third-order valence-electron chi connectivity index (χ3n) is 2.72. The van der Waals surface area contributed by atoms with Crippen LogP contribution in [0.1, 0.15) is 26.3 Å². The van der Waals surface area contributed by atoms with Crippen LogP contribution in [0.15, 0.2) is 30.3 Å². The number of benzene rings is 1. The molecule has 0 spiro atoms. The Kier molecular flexibility index (Phi) is 5.76. The first kappa shape index (κ1) is 13.8. The largest absolute Gasteiger partial charge is 0.381 e. The van der Waals surface area contributed by atoms with Crippen LogP contribution in [0.2, 0.25) is 0 Å². The van der Waals surface area contributed by atoms with Gasteiger partial charge in [-0.1, -0.05) is 36.3 Å². The molecule has 17 heavy (non-hydrogen) atoms. The van der Waals surface area contributed by atoms with Gasteiger partial charge in [-0.2, -0.15) is 0 Å². The second-order valence-corrected chi connectivity index (χ2v) is 4.65. The Morgan fingerprint density at radius 3 is 2.35 bits per heavy atom. The molecule has 0 saturated heterocycles. The highest BCUT2D eigenvalue weighted by Crippen LogP contribution is 1.95. The second-order valence-electron chi connectivity index (χ2n) is 4.65. The van der Waals surface area contributed by atoms with Crippen molar-refractivity contribution in [2.75, 3.05) is 6.54 Å². The summed E-state index contributed by atoms with van der Waals surface area (Å²) in [6.07, 6.45) is -0.528. The highest BCUT2D eigenvalue weighted by Gasteiger charge is 2.11. The minimum atomic E-state index is -0.528. The Morgan fingerprint density at radius 2 is 1.82 bits per heavy atom. The van der Waals surface area contributed by atoms with Gasteiger partial charge >= 0.3 is 0 Å². The third-order valence-corrected chi connectivity index (χ3v) is 2.72. The molecule has 0 heterocycles. The molecule has 1 unspecified atom stereocenters. The van der Waals surface area contributed by atoms with E-state index < -0.39 is 6.10 Å². The summed E-state index contributed by atoms with van der Waals surface area (Å²) in [6, 6.07) is 11.0. The zero-order chi connectivity index (χ0) is 12.7. The maximum Gasteiger partial charge on any atom is 0.139 e. The Labute approximate surface area is 104 Å². The van der Waals surface area contributed by atoms with Crippen molar-refractivity contribution in [1.29, 1.82) is 0 Å². The number of aliphatic hydroxyl groups is 1. The molecule has 0 aliphatic rings. The van der Waals surface area contributed by atoms with E-state index in [1.54, 1.807) is 6.92 Å². The Bertz CT molecular complexity index is 373. The molecule has 2 atom stereocenters. The Morgan fingerprint density at radius 1 is 1.18 bits per heavy atom. The van der Waals surface area contributed by atoms with E-state index >= 15 is 0 Å². The summed E-state index contributed by atoms with van der Waals surface area (Å²) in [5.41, 5.74) is 1.33. The van der Waals surface area contributed by atoms with E-state index in [9.17, 15) is 0 Å². The number of quaternary nitrogens is 1. The van der Waals surface area contributed by atoms with E-state index in [-0.39, 0.29) is 0 Å². The average molecular weight is 232 g/mol. The van der Waals surface area contributed by atoms with E-state index in [2.05, 4.69) is 50.0 Å². The van der Waals surface area contributed by atoms with Crippen LogP contribution in [-0.2, 0) is 6.54 Å². The third kappa shape index (κ3) is 5.53. The van der Waals surface area contributed by atoms with Gasteiger partial charge in [0.05, 0.1) is 6.04 Å². The molecule has 0 fully saturated rings. The summed E-state index contributed by atoms with van der Waals surface area (Å²) < 4.78 is 0. The quantitative estimate of drug-likeness (QED) is 0.740. The molecule has 0 saturated carbocycles. The molecule has 0 amide bonds. The number of hydrogen-bond acceptors (Lipinski definition) is 1. The molecule has 0 radical (unpaired) electrons. The zero-order valence-electron chi connectivity index (χ0n) is 10.9. The molecule has 2 heteroatoms. The fourth-order valence-corrected chi connectivity index (χ4v) is 1.64. The van der Waals surface area contributed by atoms with Crippen molar-refractivity contribution in [1.82, 2.24) is 0 Å². The van der Waals surface area contributed by atoms with Crippen molar-refractivity contribution < 1.29 is 10.0 Å². The lowest BCUT2D eigenvalue weighted by Gasteiger charge is -2.21. The van der Waals surface area contributed by atoms with Gasteiger partial charge in [0, 0.05) is 5.56 Å². The fourth-order valence-electron chi connectivity index (χ4n) is 1.64. The van der Waals surface area contributed by atoms with Crippen LogP contribution < -0.4 is 4.90 Å². The van der Waals surface area contributed by atoms with Gasteiger partial charge in [0.25, 0.3) is 0 Å². The minimum Gasteiger partial charge on any atom is -0.381 e. The van der Waals surface area contributed by atoms with Crippen LogP contribution >= 0.6 is 0 Å². The van der Waals surface area contributed by atoms with Crippen LogP contribution in [-0.4, -0.2) is 23.8 Å². The van der Waals surface area contributed by atoms with Crippen LogP contribution in [0.25, 0.3) is 0 Å². The molecule has 1 aromatic carbocycles. The van der Waals surface area contributed by atoms with Crippen molar-refractivity contribution in [3.63, 3.8) is 0 Å². The van der Waals surface area contributed by atoms with Gasteiger partial charge in [0.15, 0.2) is 0 Å². The standard InChI is InChI=1S/C15H21NO/c1-13(2)16(11-7-8-14(3)17)12-15-9-5-4-6-10-15/h4-6,9-10,13-14,17H,11-12H2,1-3H3/p+1/t14-/m1/s1. The first-order chi connectivity index (χ1) is 8.09. The van der Waals surface area contributed by atoms with Crippen LogP contribution in [0.3, 0.4) is 0 Å². The summed E-state index contributed by atoms with van der Waals surface area (Å²) in [7, 11) is 0. The van der Waals surface area contributed by atoms with Gasteiger partial charge < -0.3 is 10.0 Å². The summed E-state index contributed by atoms with van der Waals surface area (Å²) in [5.74, 6) is 5.85. The zero-order valence-corrected chi connectivity index (χ0v) is 10.9. The summed E-state index contributed by atoms with van der Waals surface area (Å²) in [4.78, 5) is 1.42. The van der Waals surface area contributed by atoms with E-state index in [4.69, 9.17) is 5.11 Å². The monoisotopic (exact) mass is 232 g/mol. The molecule has 2 N–H and O–H groups in total. The predicted molar refractivity (Wildman–Crippen MR) is 70.6 cm³/mol. The van der Waals surface area contributed by atoms with Gasteiger partial charge in [-0.05, 0) is 26.7 Å². The van der Waals surface area contributed by atoms with Crippen LogP contribution in [0.5, 0.6) is 0 Å². The molecule has 2 nitrogen and oxygen atoms in total.